The molecule has 146 valence electrons. The standard InChI is InChI=1S/C16H16Cl2N3O.BF4/c1-3-21(4-2)15-9-13(18)14(20-19)10-16(15)22-12-7-5-11(17)6-8-12;2-1(3,4)5/h5-10H,3-4H2,1-2H3;/q+1;-1. The van der Waals surface area contributed by atoms with Gasteiger partial charge < -0.3 is 26.9 Å². The van der Waals surface area contributed by atoms with E-state index in [1.54, 1.807) is 36.4 Å². The number of rotatable bonds is 5. The zero-order chi connectivity index (χ0) is 20.6. The summed E-state index contributed by atoms with van der Waals surface area (Å²) in [5.74, 6) is 1.22. The Kier molecular flexibility index (Phi) is 8.67. The van der Waals surface area contributed by atoms with Gasteiger partial charge in [0.05, 0.1) is 11.8 Å². The van der Waals surface area contributed by atoms with Gasteiger partial charge in [-0.05, 0) is 44.2 Å². The van der Waals surface area contributed by atoms with Gasteiger partial charge in [0.2, 0.25) is 5.39 Å². The summed E-state index contributed by atoms with van der Waals surface area (Å²) < 4.78 is 44.9. The Balaban J connectivity index is 0.000000646. The molecule has 0 spiro atoms. The van der Waals surface area contributed by atoms with Crippen molar-refractivity contribution >= 4 is 41.8 Å². The molecule has 0 aliphatic heterocycles. The highest BCUT2D eigenvalue weighted by molar-refractivity contribution is 6.50. The van der Waals surface area contributed by atoms with Crippen molar-refractivity contribution in [3.05, 3.63) is 51.4 Å². The Morgan fingerprint density at radius 3 is 2.00 bits per heavy atom. The number of hydrogen-bond donors (Lipinski definition) is 0. The Bertz CT molecular complexity index is 788. The van der Waals surface area contributed by atoms with E-state index in [0.29, 0.717) is 21.5 Å². The van der Waals surface area contributed by atoms with Crippen molar-refractivity contribution in [1.82, 2.24) is 0 Å². The van der Waals surface area contributed by atoms with Crippen LogP contribution >= 0.6 is 23.2 Å². The van der Waals surface area contributed by atoms with Crippen LogP contribution in [0, 0.1) is 5.39 Å². The Labute approximate surface area is 164 Å². The van der Waals surface area contributed by atoms with Crippen molar-refractivity contribution in [1.29, 1.82) is 5.39 Å². The Hall–Kier alpha value is -2.18. The van der Waals surface area contributed by atoms with Gasteiger partial charge in [0.15, 0.2) is 10.7 Å². The van der Waals surface area contributed by atoms with Gasteiger partial charge in [-0.15, -0.1) is 0 Å². The molecule has 0 bridgehead atoms. The molecule has 0 radical (unpaired) electrons. The molecule has 0 aliphatic carbocycles. The van der Waals surface area contributed by atoms with Crippen molar-refractivity contribution in [3.63, 3.8) is 0 Å². The van der Waals surface area contributed by atoms with Crippen LogP contribution in [-0.2, 0) is 0 Å². The lowest BCUT2D eigenvalue weighted by atomic mass is 10.2. The fourth-order valence-electron chi connectivity index (χ4n) is 2.13. The van der Waals surface area contributed by atoms with Crippen molar-refractivity contribution < 1.29 is 22.0 Å². The van der Waals surface area contributed by atoms with Gasteiger partial charge in [-0.25, -0.2) is 0 Å². The number of ether oxygens (including phenoxy) is 1. The highest BCUT2D eigenvalue weighted by Crippen LogP contribution is 2.40. The van der Waals surface area contributed by atoms with E-state index < -0.39 is 7.25 Å². The SMILES string of the molecule is CCN(CC)c1cc(Cl)c([N+]#N)cc1Oc1ccc(Cl)cc1.F[B-](F)(F)F. The molecule has 0 unspecified atom stereocenters. The van der Waals surface area contributed by atoms with E-state index in [0.717, 1.165) is 18.8 Å². The molecule has 2 aromatic rings. The first-order valence-electron chi connectivity index (χ1n) is 7.83. The lowest BCUT2D eigenvalue weighted by Crippen LogP contribution is -2.22. The van der Waals surface area contributed by atoms with Crippen LogP contribution in [-0.4, -0.2) is 20.3 Å². The summed E-state index contributed by atoms with van der Waals surface area (Å²) in [7, 11) is -6.00. The van der Waals surface area contributed by atoms with Gasteiger partial charge in [0.25, 0.3) is 0 Å². The lowest BCUT2D eigenvalue weighted by molar-refractivity contribution is 0.368. The third-order valence-electron chi connectivity index (χ3n) is 3.28. The molecular formula is C16H16BCl2F4N3O. The number of halogens is 6. The molecular weight excluding hydrogens is 408 g/mol. The summed E-state index contributed by atoms with van der Waals surface area (Å²) in [6.07, 6.45) is 0. The second kappa shape index (κ2) is 10.2. The minimum absolute atomic E-state index is 0.265. The second-order valence-electron chi connectivity index (χ2n) is 5.09. The molecule has 0 atom stereocenters. The molecule has 4 nitrogen and oxygen atoms in total. The Morgan fingerprint density at radius 1 is 1.04 bits per heavy atom. The van der Waals surface area contributed by atoms with Crippen LogP contribution in [0.4, 0.5) is 28.6 Å². The predicted molar refractivity (Wildman–Crippen MR) is 101 cm³/mol. The maximum absolute atomic E-state index is 9.75. The minimum atomic E-state index is -6.00. The summed E-state index contributed by atoms with van der Waals surface area (Å²) in [5, 5.41) is 10.0. The summed E-state index contributed by atoms with van der Waals surface area (Å²) in [5.41, 5.74) is 1.11. The number of nitrogens with zero attached hydrogens (tertiary/aromatic N) is 3. The fraction of sp³-hybridized carbons (Fsp3) is 0.250. The van der Waals surface area contributed by atoms with Crippen LogP contribution in [0.25, 0.3) is 4.98 Å². The topological polar surface area (TPSA) is 40.6 Å². The lowest BCUT2D eigenvalue weighted by Gasteiger charge is -2.23. The number of hydrogen-bond acceptors (Lipinski definition) is 3. The number of benzene rings is 2. The fourth-order valence-corrected chi connectivity index (χ4v) is 2.45. The molecule has 11 heteroatoms. The first-order chi connectivity index (χ1) is 12.6. The smallest absolute Gasteiger partial charge is 0.455 e. The van der Waals surface area contributed by atoms with Gasteiger partial charge in [0, 0.05) is 18.1 Å². The van der Waals surface area contributed by atoms with Crippen molar-refractivity contribution in [2.45, 2.75) is 13.8 Å². The monoisotopic (exact) mass is 423 g/mol. The third-order valence-corrected chi connectivity index (χ3v) is 3.84. The molecule has 0 fully saturated rings. The number of diazo groups is 1. The first kappa shape index (κ1) is 22.9. The van der Waals surface area contributed by atoms with Gasteiger partial charge in [-0.2, -0.15) is 0 Å². The first-order valence-corrected chi connectivity index (χ1v) is 8.58. The van der Waals surface area contributed by atoms with E-state index in [1.165, 1.54) is 0 Å². The average molecular weight is 424 g/mol. The molecule has 27 heavy (non-hydrogen) atoms. The largest absolute Gasteiger partial charge is 0.673 e. The summed E-state index contributed by atoms with van der Waals surface area (Å²) in [6.45, 7) is 5.71. The van der Waals surface area contributed by atoms with E-state index >= 15 is 0 Å². The van der Waals surface area contributed by atoms with E-state index in [4.69, 9.17) is 33.3 Å². The molecule has 0 aromatic heterocycles. The molecule has 2 aromatic carbocycles. The van der Waals surface area contributed by atoms with Gasteiger partial charge in [-0.3, -0.25) is 0 Å². The van der Waals surface area contributed by atoms with Crippen LogP contribution in [0.15, 0.2) is 36.4 Å². The summed E-state index contributed by atoms with van der Waals surface area (Å²) in [6, 6.07) is 10.4. The molecule has 2 rings (SSSR count). The summed E-state index contributed by atoms with van der Waals surface area (Å²) >= 11 is 12.0. The third kappa shape index (κ3) is 7.93. The molecule has 0 saturated carbocycles. The molecule has 0 aliphatic rings. The van der Waals surface area contributed by atoms with Crippen LogP contribution in [0.2, 0.25) is 10.0 Å². The van der Waals surface area contributed by atoms with E-state index in [-0.39, 0.29) is 5.69 Å². The second-order valence-corrected chi connectivity index (χ2v) is 5.94. The van der Waals surface area contributed by atoms with Crippen LogP contribution in [0.5, 0.6) is 11.5 Å². The van der Waals surface area contributed by atoms with E-state index in [1.807, 2.05) is 13.8 Å². The molecule has 0 saturated heterocycles. The quantitative estimate of drug-likeness (QED) is 0.285. The van der Waals surface area contributed by atoms with E-state index in [2.05, 4.69) is 9.88 Å². The van der Waals surface area contributed by atoms with Crippen molar-refractivity contribution in [3.8, 4) is 11.5 Å². The predicted octanol–water partition coefficient (Wildman–Crippen LogP) is 7.42. The highest BCUT2D eigenvalue weighted by Gasteiger charge is 2.21. The average Bonchev–Trinajstić information content (AvgIpc) is 2.58. The molecule has 0 amide bonds. The van der Waals surface area contributed by atoms with Crippen molar-refractivity contribution in [2.24, 2.45) is 0 Å². The van der Waals surface area contributed by atoms with Gasteiger partial charge in [-0.1, -0.05) is 23.2 Å². The van der Waals surface area contributed by atoms with Crippen LogP contribution < -0.4 is 9.64 Å². The normalized spacial score (nSPS) is 10.5. The van der Waals surface area contributed by atoms with Gasteiger partial charge >= 0.3 is 12.9 Å². The zero-order valence-corrected chi connectivity index (χ0v) is 16.0. The molecule has 0 N–H and O–H groups in total. The van der Waals surface area contributed by atoms with Gasteiger partial charge in [0.1, 0.15) is 10.8 Å². The van der Waals surface area contributed by atoms with Crippen LogP contribution in [0.1, 0.15) is 13.8 Å². The van der Waals surface area contributed by atoms with Crippen molar-refractivity contribution in [2.75, 3.05) is 18.0 Å². The minimum Gasteiger partial charge on any atom is -0.455 e. The summed E-state index contributed by atoms with van der Waals surface area (Å²) in [4.78, 5) is 5.30. The maximum Gasteiger partial charge on any atom is 0.673 e. The van der Waals surface area contributed by atoms with Crippen LogP contribution in [0.3, 0.4) is 0 Å². The van der Waals surface area contributed by atoms with E-state index in [9.17, 15) is 17.3 Å². The highest BCUT2D eigenvalue weighted by atomic mass is 35.5. The Morgan fingerprint density at radius 2 is 1.56 bits per heavy atom. The maximum atomic E-state index is 9.75. The zero-order valence-electron chi connectivity index (χ0n) is 14.5. The number of anilines is 1. The molecule has 0 heterocycles.